The maximum absolute atomic E-state index is 12.7. The lowest BCUT2D eigenvalue weighted by Gasteiger charge is -2.24. The number of quaternary nitrogens is 1. The Hall–Kier alpha value is -2.07. The van der Waals surface area contributed by atoms with Crippen molar-refractivity contribution < 1.29 is 46.8 Å². The van der Waals surface area contributed by atoms with Crippen molar-refractivity contribution in [1.82, 2.24) is 0 Å². The van der Waals surface area contributed by atoms with Crippen molar-refractivity contribution in [2.75, 3.05) is 47.5 Å². The molecule has 1 rings (SSSR count). The smallest absolute Gasteiger partial charge is 0.462 e. The molecule has 0 bridgehead atoms. The number of rotatable bonds is 41. The van der Waals surface area contributed by atoms with Crippen LogP contribution in [0.3, 0.4) is 0 Å². The summed E-state index contributed by atoms with van der Waals surface area (Å²) in [6.45, 7) is 4.31. The molecule has 59 heavy (non-hydrogen) atoms. The van der Waals surface area contributed by atoms with Gasteiger partial charge in [-0.05, 0) is 77.0 Å². The molecule has 0 aromatic rings. The molecule has 1 N–H and O–H groups in total. The normalized spacial score (nSPS) is 17.4. The zero-order valence-corrected chi connectivity index (χ0v) is 39.1. The van der Waals surface area contributed by atoms with Crippen LogP contribution in [0, 0.1) is 0 Å². The van der Waals surface area contributed by atoms with Crippen LogP contribution in [0.25, 0.3) is 0 Å². The summed E-state index contributed by atoms with van der Waals surface area (Å²) in [7, 11) is 1.43. The zero-order valence-electron chi connectivity index (χ0n) is 38.2. The summed E-state index contributed by atoms with van der Waals surface area (Å²) in [6, 6.07) is 0. The third-order valence-electron chi connectivity index (χ3n) is 10.2. The highest BCUT2D eigenvalue weighted by atomic mass is 31.2. The number of likely N-dealkylation sites (N-methyl/N-ethyl adjacent to an activating group) is 1. The number of hydrogen-bond acceptors (Lipinski definition) is 8. The molecule has 0 aromatic carbocycles. The van der Waals surface area contributed by atoms with Crippen LogP contribution in [0.4, 0.5) is 0 Å². The van der Waals surface area contributed by atoms with E-state index in [0.29, 0.717) is 36.1 Å². The van der Waals surface area contributed by atoms with Crippen molar-refractivity contribution >= 4 is 19.8 Å². The molecule has 1 aliphatic rings. The molecular weight excluding hydrogens is 765 g/mol. The van der Waals surface area contributed by atoms with E-state index in [0.717, 1.165) is 57.8 Å². The number of allylic oxidation sites excluding steroid dienone is 6. The van der Waals surface area contributed by atoms with Crippen molar-refractivity contribution in [1.29, 1.82) is 0 Å². The Morgan fingerprint density at radius 3 is 1.71 bits per heavy atom. The molecule has 0 amide bonds. The van der Waals surface area contributed by atoms with Crippen molar-refractivity contribution in [3.8, 4) is 0 Å². The number of hydrogen-bond donors (Lipinski definition) is 1. The monoisotopic (exact) mass is 853 g/mol. The van der Waals surface area contributed by atoms with Gasteiger partial charge in [-0.25, -0.2) is 4.57 Å². The van der Waals surface area contributed by atoms with E-state index in [2.05, 4.69) is 62.5 Å². The minimum atomic E-state index is -4.39. The van der Waals surface area contributed by atoms with Crippen LogP contribution in [0.15, 0.2) is 48.6 Å². The topological polar surface area (TPSA) is 121 Å². The lowest BCUT2D eigenvalue weighted by molar-refractivity contribution is -0.870. The number of carbonyl (C=O) groups excluding carboxylic acids is 2. The van der Waals surface area contributed by atoms with Gasteiger partial charge >= 0.3 is 19.8 Å². The van der Waals surface area contributed by atoms with E-state index in [9.17, 15) is 19.0 Å². The summed E-state index contributed by atoms with van der Waals surface area (Å²) in [5.41, 5.74) is 0. The first-order valence-corrected chi connectivity index (χ1v) is 25.0. The quantitative estimate of drug-likeness (QED) is 0.0160. The molecule has 11 heteroatoms. The standard InChI is InChI=1S/C48H86NO9P/c1-6-8-10-12-14-15-16-17-18-19-20-21-22-23-26-31-35-39-48(51)57-44(43-56-59(52,53)55-41-40-49(3,4)5)42-54-47(50)38-34-30-27-24-25-29-33-37-46-45(58-46)36-32-28-13-11-9-7-2/h17-18,24,27-29,32-33,44-46H,6-16,19-23,25-26,30-31,34-43H2,1-5H3/p+1/b18-17-,27-24-,32-28-,33-29-/t44-,45?,46?/m1/s1. The number of carbonyl (C=O) groups is 2. The van der Waals surface area contributed by atoms with Crippen molar-refractivity contribution in [2.24, 2.45) is 0 Å². The van der Waals surface area contributed by atoms with Gasteiger partial charge in [0.15, 0.2) is 6.10 Å². The molecule has 4 atom stereocenters. The van der Waals surface area contributed by atoms with E-state index in [-0.39, 0.29) is 26.1 Å². The molecule has 0 spiro atoms. The fourth-order valence-corrected chi connectivity index (χ4v) is 7.14. The van der Waals surface area contributed by atoms with Gasteiger partial charge in [-0.3, -0.25) is 18.6 Å². The summed E-state index contributed by atoms with van der Waals surface area (Å²) in [5, 5.41) is 0. The molecule has 1 aliphatic heterocycles. The fourth-order valence-electron chi connectivity index (χ4n) is 6.39. The number of esters is 2. The van der Waals surface area contributed by atoms with E-state index in [1.54, 1.807) is 0 Å². The van der Waals surface area contributed by atoms with E-state index in [1.165, 1.54) is 83.5 Å². The van der Waals surface area contributed by atoms with Gasteiger partial charge in [-0.15, -0.1) is 0 Å². The lowest BCUT2D eigenvalue weighted by atomic mass is 10.1. The highest BCUT2D eigenvalue weighted by Crippen LogP contribution is 2.43. The molecule has 0 saturated carbocycles. The van der Waals surface area contributed by atoms with Crippen LogP contribution in [-0.4, -0.2) is 87.1 Å². The van der Waals surface area contributed by atoms with Gasteiger partial charge in [0.25, 0.3) is 0 Å². The van der Waals surface area contributed by atoms with Crippen molar-refractivity contribution in [3.05, 3.63) is 48.6 Å². The lowest BCUT2D eigenvalue weighted by Crippen LogP contribution is -2.37. The van der Waals surface area contributed by atoms with Gasteiger partial charge in [-0.2, -0.15) is 0 Å². The van der Waals surface area contributed by atoms with Crippen LogP contribution >= 0.6 is 7.82 Å². The summed E-state index contributed by atoms with van der Waals surface area (Å²) in [5.74, 6) is -0.875. The zero-order chi connectivity index (χ0) is 43.3. The summed E-state index contributed by atoms with van der Waals surface area (Å²) < 4.78 is 40.1. The first kappa shape index (κ1) is 54.9. The SMILES string of the molecule is CCCCC/C=C\CC1OC1C/C=C\C/C=C\CCCC(=O)OC[C@H](COP(=O)(O)OCC[N+](C)(C)C)OC(=O)CCCCCCCCC/C=C\CCCCCCCC. The highest BCUT2D eigenvalue weighted by Gasteiger charge is 2.36. The minimum absolute atomic E-state index is 0.0189. The molecular formula is C48H87NO9P+. The van der Waals surface area contributed by atoms with E-state index < -0.39 is 32.5 Å². The number of phosphoric ester groups is 1. The second-order valence-electron chi connectivity index (χ2n) is 17.2. The Bertz CT molecular complexity index is 1210. The number of nitrogens with zero attached hydrogens (tertiary/aromatic N) is 1. The van der Waals surface area contributed by atoms with Gasteiger partial charge in [0.1, 0.15) is 19.8 Å². The predicted octanol–water partition coefficient (Wildman–Crippen LogP) is 12.5. The third-order valence-corrected chi connectivity index (χ3v) is 11.2. The molecule has 0 aliphatic carbocycles. The third kappa shape index (κ3) is 37.4. The summed E-state index contributed by atoms with van der Waals surface area (Å²) in [6.07, 6.45) is 44.8. The molecule has 0 aromatic heterocycles. The average molecular weight is 853 g/mol. The summed E-state index contributed by atoms with van der Waals surface area (Å²) >= 11 is 0. The Kier molecular flexibility index (Phi) is 34.1. The number of ether oxygens (including phenoxy) is 3. The van der Waals surface area contributed by atoms with E-state index in [4.69, 9.17) is 23.3 Å². The van der Waals surface area contributed by atoms with Crippen molar-refractivity contribution in [3.63, 3.8) is 0 Å². The molecule has 10 nitrogen and oxygen atoms in total. The molecule has 1 fully saturated rings. The second kappa shape index (κ2) is 36.6. The highest BCUT2D eigenvalue weighted by molar-refractivity contribution is 7.47. The number of unbranched alkanes of at least 4 members (excludes halogenated alkanes) is 17. The van der Waals surface area contributed by atoms with Crippen LogP contribution in [-0.2, 0) is 37.4 Å². The van der Waals surface area contributed by atoms with Crippen molar-refractivity contribution in [2.45, 2.75) is 199 Å². The van der Waals surface area contributed by atoms with Crippen LogP contribution in [0.5, 0.6) is 0 Å². The van der Waals surface area contributed by atoms with Gasteiger partial charge in [0, 0.05) is 12.8 Å². The van der Waals surface area contributed by atoms with E-state index in [1.807, 2.05) is 21.1 Å². The molecule has 3 unspecified atom stereocenters. The average Bonchev–Trinajstić information content (AvgIpc) is 3.94. The predicted molar refractivity (Wildman–Crippen MR) is 242 cm³/mol. The van der Waals surface area contributed by atoms with Gasteiger partial charge in [0.05, 0.1) is 40.0 Å². The molecule has 1 saturated heterocycles. The number of epoxide rings is 1. The molecule has 0 radical (unpaired) electrons. The fraction of sp³-hybridized carbons (Fsp3) is 0.792. The summed E-state index contributed by atoms with van der Waals surface area (Å²) in [4.78, 5) is 35.4. The molecule has 342 valence electrons. The first-order valence-electron chi connectivity index (χ1n) is 23.5. The Morgan fingerprint density at radius 2 is 1.08 bits per heavy atom. The first-order chi connectivity index (χ1) is 28.5. The van der Waals surface area contributed by atoms with Crippen LogP contribution < -0.4 is 0 Å². The number of phosphoric acid groups is 1. The van der Waals surface area contributed by atoms with Gasteiger partial charge in [0.2, 0.25) is 0 Å². The Labute approximate surface area is 360 Å². The maximum Gasteiger partial charge on any atom is 0.472 e. The van der Waals surface area contributed by atoms with Gasteiger partial charge in [-0.1, -0.05) is 140 Å². The minimum Gasteiger partial charge on any atom is -0.462 e. The molecule has 1 heterocycles. The second-order valence-corrected chi connectivity index (χ2v) is 18.6. The Balaban J connectivity index is 2.30. The van der Waals surface area contributed by atoms with Gasteiger partial charge < -0.3 is 23.6 Å². The maximum atomic E-state index is 12.7. The van der Waals surface area contributed by atoms with Crippen LogP contribution in [0.1, 0.15) is 181 Å². The Morgan fingerprint density at radius 1 is 0.610 bits per heavy atom. The van der Waals surface area contributed by atoms with E-state index >= 15 is 0 Å². The largest absolute Gasteiger partial charge is 0.472 e. The van der Waals surface area contributed by atoms with Crippen LogP contribution in [0.2, 0.25) is 0 Å².